The number of nitrogens with one attached hydrogen (secondary N) is 1. The van der Waals surface area contributed by atoms with Gasteiger partial charge in [0.25, 0.3) is 0 Å². The number of carbonyl (C=O) groups excluding carboxylic acids is 1. The molecular formula is C21H23FN4O. The first-order valence-corrected chi connectivity index (χ1v) is 9.32. The maximum atomic E-state index is 13.4. The molecule has 1 saturated heterocycles. The summed E-state index contributed by atoms with van der Waals surface area (Å²) < 4.78 is 15.5. The summed E-state index contributed by atoms with van der Waals surface area (Å²) in [5, 5.41) is 2.76. The zero-order valence-electron chi connectivity index (χ0n) is 15.4. The Hall–Kier alpha value is -2.73. The normalized spacial score (nSPS) is 17.9. The summed E-state index contributed by atoms with van der Waals surface area (Å²) in [5.74, 6) is 0.772. The molecule has 1 atom stereocenters. The molecule has 4 rings (SSSR count). The van der Waals surface area contributed by atoms with E-state index in [0.717, 1.165) is 48.5 Å². The lowest BCUT2D eigenvalue weighted by Crippen LogP contribution is -2.42. The molecule has 2 heterocycles. The number of rotatable bonds is 4. The number of fused-ring (bicyclic) bond motifs is 1. The number of carbonyl (C=O) groups is 1. The number of benzene rings is 2. The number of para-hydroxylation sites is 2. The zero-order chi connectivity index (χ0) is 18.8. The summed E-state index contributed by atoms with van der Waals surface area (Å²) in [6.45, 7) is 2.33. The number of amides is 1. The molecule has 0 aliphatic carbocycles. The Labute approximate surface area is 157 Å². The average Bonchev–Trinajstić information content (AvgIpc) is 3.06. The Bertz CT molecular complexity index is 950. The first-order chi connectivity index (χ1) is 13.2. The van der Waals surface area contributed by atoms with Crippen molar-refractivity contribution < 1.29 is 9.18 Å². The second kappa shape index (κ2) is 7.48. The van der Waals surface area contributed by atoms with Crippen molar-refractivity contribution in [2.24, 2.45) is 5.92 Å². The predicted molar refractivity (Wildman–Crippen MR) is 103 cm³/mol. The number of hydrogen-bond donors (Lipinski definition) is 1. The fraction of sp³-hybridized carbons (Fsp3) is 0.333. The Balaban J connectivity index is 1.68. The van der Waals surface area contributed by atoms with Gasteiger partial charge in [0.15, 0.2) is 0 Å². The van der Waals surface area contributed by atoms with Gasteiger partial charge in [-0.05, 0) is 55.8 Å². The number of piperidine rings is 1. The first-order valence-electron chi connectivity index (χ1n) is 9.32. The second-order valence-corrected chi connectivity index (χ2v) is 7.02. The van der Waals surface area contributed by atoms with E-state index in [1.165, 1.54) is 12.1 Å². The molecule has 0 radical (unpaired) electrons. The molecule has 0 unspecified atom stereocenters. The molecule has 0 saturated carbocycles. The number of imidazole rings is 1. The van der Waals surface area contributed by atoms with Gasteiger partial charge in [-0.25, -0.2) is 9.37 Å². The van der Waals surface area contributed by atoms with Crippen LogP contribution in [0.15, 0.2) is 48.5 Å². The van der Waals surface area contributed by atoms with Crippen LogP contribution in [0.4, 0.5) is 4.39 Å². The third-order valence-corrected chi connectivity index (χ3v) is 5.20. The van der Waals surface area contributed by atoms with Gasteiger partial charge in [-0.15, -0.1) is 0 Å². The van der Waals surface area contributed by atoms with Crippen molar-refractivity contribution in [2.45, 2.75) is 19.4 Å². The third kappa shape index (κ3) is 3.57. The van der Waals surface area contributed by atoms with E-state index in [0.29, 0.717) is 6.54 Å². The summed E-state index contributed by atoms with van der Waals surface area (Å²) in [5.41, 5.74) is 2.80. The molecule has 0 bridgehead atoms. The van der Waals surface area contributed by atoms with Crippen LogP contribution in [0.5, 0.6) is 0 Å². The van der Waals surface area contributed by atoms with E-state index in [9.17, 15) is 9.18 Å². The van der Waals surface area contributed by atoms with E-state index >= 15 is 0 Å². The second-order valence-electron chi connectivity index (χ2n) is 7.02. The monoisotopic (exact) mass is 366 g/mol. The Kier molecular flexibility index (Phi) is 4.90. The quantitative estimate of drug-likeness (QED) is 0.772. The minimum Gasteiger partial charge on any atom is -0.359 e. The van der Waals surface area contributed by atoms with Crippen molar-refractivity contribution in [1.29, 1.82) is 0 Å². The fourth-order valence-electron chi connectivity index (χ4n) is 3.88. The predicted octanol–water partition coefficient (Wildman–Crippen LogP) is 3.12. The number of aromatic nitrogens is 2. The summed E-state index contributed by atoms with van der Waals surface area (Å²) in [6, 6.07) is 14.5. The number of likely N-dealkylation sites (tertiary alicyclic amines) is 1. The number of hydrogen-bond acceptors (Lipinski definition) is 3. The molecule has 140 valence electrons. The van der Waals surface area contributed by atoms with E-state index in [4.69, 9.17) is 4.98 Å². The van der Waals surface area contributed by atoms with E-state index in [-0.39, 0.29) is 17.6 Å². The van der Waals surface area contributed by atoms with Crippen molar-refractivity contribution in [3.05, 3.63) is 60.2 Å². The van der Waals surface area contributed by atoms with E-state index < -0.39 is 0 Å². The average molecular weight is 366 g/mol. The van der Waals surface area contributed by atoms with Crippen molar-refractivity contribution in [2.75, 3.05) is 20.1 Å². The molecule has 0 spiro atoms. The van der Waals surface area contributed by atoms with Crippen LogP contribution in [0.25, 0.3) is 16.7 Å². The zero-order valence-corrected chi connectivity index (χ0v) is 15.4. The van der Waals surface area contributed by atoms with Crippen LogP contribution in [-0.2, 0) is 11.3 Å². The van der Waals surface area contributed by atoms with Gasteiger partial charge >= 0.3 is 0 Å². The van der Waals surface area contributed by atoms with Gasteiger partial charge in [0, 0.05) is 19.3 Å². The van der Waals surface area contributed by atoms with Crippen molar-refractivity contribution in [3.63, 3.8) is 0 Å². The van der Waals surface area contributed by atoms with Crippen molar-refractivity contribution >= 4 is 16.9 Å². The van der Waals surface area contributed by atoms with Gasteiger partial charge < -0.3 is 5.32 Å². The summed E-state index contributed by atoms with van der Waals surface area (Å²) in [4.78, 5) is 19.1. The first kappa shape index (κ1) is 17.7. The minimum atomic E-state index is -0.255. The van der Waals surface area contributed by atoms with Crippen LogP contribution >= 0.6 is 0 Å². The third-order valence-electron chi connectivity index (χ3n) is 5.20. The molecule has 27 heavy (non-hydrogen) atoms. The lowest BCUT2D eigenvalue weighted by Gasteiger charge is -2.31. The summed E-state index contributed by atoms with van der Waals surface area (Å²) >= 11 is 0. The molecule has 1 fully saturated rings. The largest absolute Gasteiger partial charge is 0.359 e. The molecule has 1 N–H and O–H groups in total. The van der Waals surface area contributed by atoms with Crippen LogP contribution in [0.1, 0.15) is 18.7 Å². The lowest BCUT2D eigenvalue weighted by molar-refractivity contribution is -0.126. The maximum absolute atomic E-state index is 13.4. The van der Waals surface area contributed by atoms with Crippen LogP contribution in [0, 0.1) is 11.7 Å². The molecular weight excluding hydrogens is 343 g/mol. The molecule has 3 aromatic rings. The topological polar surface area (TPSA) is 50.2 Å². The van der Waals surface area contributed by atoms with E-state index in [2.05, 4.69) is 14.8 Å². The number of nitrogens with zero attached hydrogens (tertiary/aromatic N) is 3. The highest BCUT2D eigenvalue weighted by atomic mass is 19.1. The fourth-order valence-corrected chi connectivity index (χ4v) is 3.88. The highest BCUT2D eigenvalue weighted by Gasteiger charge is 2.26. The molecule has 1 aliphatic rings. The molecule has 1 aromatic heterocycles. The smallest absolute Gasteiger partial charge is 0.224 e. The molecule has 1 amide bonds. The molecule has 2 aromatic carbocycles. The van der Waals surface area contributed by atoms with Crippen LogP contribution in [-0.4, -0.2) is 40.5 Å². The van der Waals surface area contributed by atoms with Crippen LogP contribution in [0.2, 0.25) is 0 Å². The highest BCUT2D eigenvalue weighted by Crippen LogP contribution is 2.25. The minimum absolute atomic E-state index is 0.0207. The van der Waals surface area contributed by atoms with Crippen molar-refractivity contribution in [3.8, 4) is 5.69 Å². The summed E-state index contributed by atoms with van der Waals surface area (Å²) in [6.07, 6.45) is 1.92. The Morgan fingerprint density at radius 1 is 1.22 bits per heavy atom. The SMILES string of the molecule is CNC(=O)[C@H]1CCCN(Cc2nc3ccccc3n2-c2ccc(F)cc2)C1. The standard InChI is InChI=1S/C21H23FN4O/c1-23-21(27)15-5-4-12-25(13-15)14-20-24-18-6-2-3-7-19(18)26(20)17-10-8-16(22)9-11-17/h2-3,6-11,15H,4-5,12-14H2,1H3,(H,23,27)/t15-/m0/s1. The van der Waals surface area contributed by atoms with E-state index in [1.54, 1.807) is 19.2 Å². The Morgan fingerprint density at radius 2 is 2.00 bits per heavy atom. The van der Waals surface area contributed by atoms with Gasteiger partial charge in [-0.1, -0.05) is 12.1 Å². The maximum Gasteiger partial charge on any atom is 0.224 e. The van der Waals surface area contributed by atoms with Crippen molar-refractivity contribution in [1.82, 2.24) is 19.8 Å². The molecule has 6 heteroatoms. The Morgan fingerprint density at radius 3 is 2.78 bits per heavy atom. The van der Waals surface area contributed by atoms with Crippen LogP contribution < -0.4 is 5.32 Å². The lowest BCUT2D eigenvalue weighted by atomic mass is 9.97. The number of halogens is 1. The van der Waals surface area contributed by atoms with Gasteiger partial charge in [0.05, 0.1) is 23.5 Å². The van der Waals surface area contributed by atoms with Gasteiger partial charge in [-0.2, -0.15) is 0 Å². The van der Waals surface area contributed by atoms with Crippen LogP contribution in [0.3, 0.4) is 0 Å². The molecule has 1 aliphatic heterocycles. The summed E-state index contributed by atoms with van der Waals surface area (Å²) in [7, 11) is 1.69. The van der Waals surface area contributed by atoms with Gasteiger partial charge in [0.2, 0.25) is 5.91 Å². The molecule has 5 nitrogen and oxygen atoms in total. The van der Waals surface area contributed by atoms with Gasteiger partial charge in [0.1, 0.15) is 11.6 Å². The van der Waals surface area contributed by atoms with Gasteiger partial charge in [-0.3, -0.25) is 14.3 Å². The highest BCUT2D eigenvalue weighted by molar-refractivity contribution is 5.79. The van der Waals surface area contributed by atoms with E-state index in [1.807, 2.05) is 24.3 Å².